The van der Waals surface area contributed by atoms with E-state index in [0.29, 0.717) is 5.69 Å². The number of halogens is 3. The molecule has 0 amide bonds. The summed E-state index contributed by atoms with van der Waals surface area (Å²) in [7, 11) is 0. The number of nitrogens with zero attached hydrogens (tertiary/aromatic N) is 1. The topological polar surface area (TPSA) is 39.1 Å². The fourth-order valence-electron chi connectivity index (χ4n) is 1.69. The van der Waals surface area contributed by atoms with Crippen LogP contribution in [0.2, 0.25) is 0 Å². The number of hydrogen-bond donors (Lipinski definition) is 0. The van der Waals surface area contributed by atoms with E-state index in [2.05, 4.69) is 0 Å². The minimum absolute atomic E-state index is 0.225. The predicted octanol–water partition coefficient (Wildman–Crippen LogP) is 2.80. The lowest BCUT2D eigenvalue weighted by atomic mass is 10.2. The summed E-state index contributed by atoms with van der Waals surface area (Å²) >= 11 is 5.29. The number of benzene rings is 1. The minimum Gasteiger partial charge on any atom is -0.320 e. The second-order valence-corrected chi connectivity index (χ2v) is 4.28. The highest BCUT2D eigenvalue weighted by Gasteiger charge is 2.12. The van der Waals surface area contributed by atoms with Crippen molar-refractivity contribution in [3.8, 4) is 5.69 Å². The monoisotopic (exact) mass is 283 g/mol. The summed E-state index contributed by atoms with van der Waals surface area (Å²) in [6.45, 7) is 1.60. The molecule has 3 nitrogen and oxygen atoms in total. The molecule has 1 aromatic heterocycles. The molecule has 0 aliphatic rings. The van der Waals surface area contributed by atoms with E-state index in [4.69, 9.17) is 11.6 Å². The first kappa shape index (κ1) is 13.4. The highest BCUT2D eigenvalue weighted by Crippen LogP contribution is 2.15. The van der Waals surface area contributed by atoms with Gasteiger partial charge in [-0.15, -0.1) is 0 Å². The maximum absolute atomic E-state index is 13.2. The summed E-state index contributed by atoms with van der Waals surface area (Å²) in [5.74, 6) is -1.99. The second kappa shape index (κ2) is 4.93. The van der Waals surface area contributed by atoms with Crippen molar-refractivity contribution >= 4 is 16.8 Å². The lowest BCUT2D eigenvalue weighted by Gasteiger charge is -2.11. The maximum Gasteiger partial charge on any atom is 0.257 e. The zero-order valence-electron chi connectivity index (χ0n) is 9.78. The number of aromatic nitrogens is 1. The number of carbonyl (C=O) groups is 1. The van der Waals surface area contributed by atoms with Crippen LogP contribution in [0.1, 0.15) is 16.1 Å². The van der Waals surface area contributed by atoms with Crippen LogP contribution in [0.15, 0.2) is 35.3 Å². The summed E-state index contributed by atoms with van der Waals surface area (Å²) in [6, 6.07) is 4.47. The van der Waals surface area contributed by atoms with Gasteiger partial charge in [0.1, 0.15) is 0 Å². The Kier molecular flexibility index (Phi) is 3.48. The number of aryl methyl sites for hydroxylation is 1. The van der Waals surface area contributed by atoms with Gasteiger partial charge in [-0.1, -0.05) is 0 Å². The van der Waals surface area contributed by atoms with Crippen LogP contribution in [-0.4, -0.2) is 9.81 Å². The maximum atomic E-state index is 13.2. The standard InChI is InChI=1S/C13H8ClF2NO2/c1-7-4-12(18)9(13(14)19)6-17(7)8-2-3-10(15)11(16)5-8/h2-6H,1H3. The Hall–Kier alpha value is -2.01. The Morgan fingerprint density at radius 2 is 1.89 bits per heavy atom. The molecule has 0 aliphatic heterocycles. The van der Waals surface area contributed by atoms with Crippen LogP contribution in [0.3, 0.4) is 0 Å². The molecule has 6 heteroatoms. The average molecular weight is 284 g/mol. The fourth-order valence-corrected chi connectivity index (χ4v) is 1.83. The van der Waals surface area contributed by atoms with Gasteiger partial charge in [0.15, 0.2) is 17.1 Å². The molecule has 0 saturated carbocycles. The van der Waals surface area contributed by atoms with E-state index in [-0.39, 0.29) is 11.3 Å². The number of hydrogen-bond acceptors (Lipinski definition) is 2. The first-order valence-electron chi connectivity index (χ1n) is 5.28. The molecule has 2 aromatic rings. The Bertz CT molecular complexity index is 725. The summed E-state index contributed by atoms with van der Waals surface area (Å²) in [6.07, 6.45) is 1.21. The first-order valence-corrected chi connectivity index (χ1v) is 5.66. The van der Waals surface area contributed by atoms with Crippen molar-refractivity contribution in [3.63, 3.8) is 0 Å². The molecule has 98 valence electrons. The Balaban J connectivity index is 2.68. The van der Waals surface area contributed by atoms with Crippen LogP contribution >= 0.6 is 11.6 Å². The van der Waals surface area contributed by atoms with Crippen molar-refractivity contribution in [1.82, 2.24) is 4.57 Å². The number of carbonyl (C=O) groups excluding carboxylic acids is 1. The third kappa shape index (κ3) is 2.56. The lowest BCUT2D eigenvalue weighted by molar-refractivity contribution is 0.108. The third-order valence-corrected chi connectivity index (χ3v) is 2.84. The van der Waals surface area contributed by atoms with Gasteiger partial charge in [-0.3, -0.25) is 9.59 Å². The van der Waals surface area contributed by atoms with E-state index in [1.807, 2.05) is 0 Å². The highest BCUT2D eigenvalue weighted by atomic mass is 35.5. The van der Waals surface area contributed by atoms with E-state index >= 15 is 0 Å². The lowest BCUT2D eigenvalue weighted by Crippen LogP contribution is -2.16. The van der Waals surface area contributed by atoms with Crippen LogP contribution < -0.4 is 5.43 Å². The zero-order chi connectivity index (χ0) is 14.2. The summed E-state index contributed by atoms with van der Waals surface area (Å²) in [5.41, 5.74) is 0.0153. The van der Waals surface area contributed by atoms with Gasteiger partial charge in [0.2, 0.25) is 0 Å². The summed E-state index contributed by atoms with van der Waals surface area (Å²) in [4.78, 5) is 22.6. The van der Waals surface area contributed by atoms with E-state index in [0.717, 1.165) is 12.1 Å². The van der Waals surface area contributed by atoms with E-state index < -0.39 is 22.3 Å². The Morgan fingerprint density at radius 1 is 1.21 bits per heavy atom. The van der Waals surface area contributed by atoms with Gasteiger partial charge in [-0.2, -0.15) is 0 Å². The molecule has 0 bridgehead atoms. The van der Waals surface area contributed by atoms with Gasteiger partial charge in [0, 0.05) is 29.7 Å². The van der Waals surface area contributed by atoms with E-state index in [9.17, 15) is 18.4 Å². The van der Waals surface area contributed by atoms with Crippen LogP contribution in [0, 0.1) is 18.6 Å². The highest BCUT2D eigenvalue weighted by molar-refractivity contribution is 6.67. The van der Waals surface area contributed by atoms with Crippen LogP contribution in [0.25, 0.3) is 5.69 Å². The quantitative estimate of drug-likeness (QED) is 0.795. The smallest absolute Gasteiger partial charge is 0.257 e. The molecule has 1 aromatic carbocycles. The first-order chi connectivity index (χ1) is 8.90. The molecule has 0 spiro atoms. The number of rotatable bonds is 2. The van der Waals surface area contributed by atoms with Gasteiger partial charge in [-0.25, -0.2) is 8.78 Å². The Morgan fingerprint density at radius 3 is 2.47 bits per heavy atom. The van der Waals surface area contributed by atoms with Crippen molar-refractivity contribution in [2.45, 2.75) is 6.92 Å². The van der Waals surface area contributed by atoms with Gasteiger partial charge in [-0.05, 0) is 30.7 Å². The van der Waals surface area contributed by atoms with Crippen LogP contribution in [0.4, 0.5) is 8.78 Å². The van der Waals surface area contributed by atoms with Crippen molar-refractivity contribution in [2.24, 2.45) is 0 Å². The predicted molar refractivity (Wildman–Crippen MR) is 66.9 cm³/mol. The van der Waals surface area contributed by atoms with Gasteiger partial charge < -0.3 is 4.57 Å². The molecule has 1 heterocycles. The average Bonchev–Trinajstić information content (AvgIpc) is 2.32. The normalized spacial score (nSPS) is 10.5. The SMILES string of the molecule is Cc1cc(=O)c(C(=O)Cl)cn1-c1ccc(F)c(F)c1. The molecule has 2 rings (SSSR count). The van der Waals surface area contributed by atoms with Crippen molar-refractivity contribution in [2.75, 3.05) is 0 Å². The molecule has 0 saturated heterocycles. The molecule has 0 N–H and O–H groups in total. The molecule has 0 aliphatic carbocycles. The van der Waals surface area contributed by atoms with Gasteiger partial charge in [0.05, 0.1) is 5.56 Å². The number of pyridine rings is 1. The van der Waals surface area contributed by atoms with E-state index in [1.54, 1.807) is 6.92 Å². The van der Waals surface area contributed by atoms with Crippen molar-refractivity contribution in [1.29, 1.82) is 0 Å². The van der Waals surface area contributed by atoms with Gasteiger partial charge in [0.25, 0.3) is 5.24 Å². The molecular formula is C13H8ClF2NO2. The third-order valence-electron chi connectivity index (χ3n) is 2.64. The van der Waals surface area contributed by atoms with Crippen molar-refractivity contribution in [3.05, 3.63) is 63.6 Å². The van der Waals surface area contributed by atoms with Gasteiger partial charge >= 0.3 is 0 Å². The van der Waals surface area contributed by atoms with Crippen LogP contribution in [-0.2, 0) is 0 Å². The molecule has 19 heavy (non-hydrogen) atoms. The van der Waals surface area contributed by atoms with Crippen molar-refractivity contribution < 1.29 is 13.6 Å². The largest absolute Gasteiger partial charge is 0.320 e. The molecule has 0 atom stereocenters. The molecule has 0 fully saturated rings. The Labute approximate surface area is 112 Å². The second-order valence-electron chi connectivity index (χ2n) is 3.93. The van der Waals surface area contributed by atoms with E-state index in [1.165, 1.54) is 22.9 Å². The molecule has 0 unspecified atom stereocenters. The molecule has 0 radical (unpaired) electrons. The van der Waals surface area contributed by atoms with Crippen LogP contribution in [0.5, 0.6) is 0 Å². The summed E-state index contributed by atoms with van der Waals surface area (Å²) in [5, 5.41) is -0.902. The fraction of sp³-hybridized carbons (Fsp3) is 0.0769. The minimum atomic E-state index is -1.02. The zero-order valence-corrected chi connectivity index (χ0v) is 10.5. The summed E-state index contributed by atoms with van der Waals surface area (Å²) < 4.78 is 27.5. The molecular weight excluding hydrogens is 276 g/mol.